The molecule has 0 spiro atoms. The fourth-order valence-corrected chi connectivity index (χ4v) is 2.48. The van der Waals surface area contributed by atoms with Gasteiger partial charge >= 0.3 is 0 Å². The van der Waals surface area contributed by atoms with E-state index in [4.69, 9.17) is 17.3 Å². The summed E-state index contributed by atoms with van der Waals surface area (Å²) in [5, 5.41) is 2.70. The molecule has 0 heterocycles. The first kappa shape index (κ1) is 13.3. The van der Waals surface area contributed by atoms with E-state index >= 15 is 0 Å². The van der Waals surface area contributed by atoms with Crippen molar-refractivity contribution in [1.82, 2.24) is 5.32 Å². The van der Waals surface area contributed by atoms with Gasteiger partial charge in [0, 0.05) is 12.1 Å². The summed E-state index contributed by atoms with van der Waals surface area (Å²) in [6.45, 7) is 0. The second-order valence-corrected chi connectivity index (χ2v) is 5.01. The Hall–Kier alpha value is -1.13. The Kier molecular flexibility index (Phi) is 4.19. The average Bonchev–Trinajstić information content (AvgIpc) is 2.35. The topological polar surface area (TPSA) is 55.1 Å². The molecular formula is C13H16ClFN2O. The van der Waals surface area contributed by atoms with Crippen molar-refractivity contribution in [3.63, 3.8) is 0 Å². The highest BCUT2D eigenvalue weighted by molar-refractivity contribution is 6.34. The van der Waals surface area contributed by atoms with Crippen LogP contribution in [0.2, 0.25) is 5.02 Å². The molecule has 1 saturated carbocycles. The Balaban J connectivity index is 2.09. The summed E-state index contributed by atoms with van der Waals surface area (Å²) in [4.78, 5) is 12.0. The summed E-state index contributed by atoms with van der Waals surface area (Å²) < 4.78 is 13.3. The SMILES string of the molecule is N[C@@H]1CCCC[C@H]1NC(=O)c1cccc(F)c1Cl. The number of nitrogens with two attached hydrogens (primary N) is 1. The van der Waals surface area contributed by atoms with E-state index in [2.05, 4.69) is 5.32 Å². The molecule has 0 bridgehead atoms. The van der Waals surface area contributed by atoms with Crippen LogP contribution in [0.5, 0.6) is 0 Å². The van der Waals surface area contributed by atoms with Crippen molar-refractivity contribution < 1.29 is 9.18 Å². The zero-order valence-corrected chi connectivity index (χ0v) is 10.7. The van der Waals surface area contributed by atoms with Gasteiger partial charge in [-0.25, -0.2) is 4.39 Å². The van der Waals surface area contributed by atoms with Gasteiger partial charge in [0.1, 0.15) is 5.82 Å². The van der Waals surface area contributed by atoms with E-state index < -0.39 is 5.82 Å². The summed E-state index contributed by atoms with van der Waals surface area (Å²) in [5.41, 5.74) is 6.11. The van der Waals surface area contributed by atoms with E-state index in [0.29, 0.717) is 0 Å². The van der Waals surface area contributed by atoms with Gasteiger partial charge in [-0.1, -0.05) is 30.5 Å². The van der Waals surface area contributed by atoms with Crippen molar-refractivity contribution in [2.24, 2.45) is 5.73 Å². The van der Waals surface area contributed by atoms with E-state index in [1.54, 1.807) is 0 Å². The normalized spacial score (nSPS) is 23.7. The highest BCUT2D eigenvalue weighted by Gasteiger charge is 2.24. The molecule has 1 aliphatic rings. The smallest absolute Gasteiger partial charge is 0.253 e. The average molecular weight is 271 g/mol. The van der Waals surface area contributed by atoms with Crippen LogP contribution in [0.25, 0.3) is 0 Å². The second-order valence-electron chi connectivity index (χ2n) is 4.63. The van der Waals surface area contributed by atoms with E-state index in [0.717, 1.165) is 25.7 Å². The lowest BCUT2D eigenvalue weighted by Gasteiger charge is -2.29. The predicted molar refractivity (Wildman–Crippen MR) is 69.1 cm³/mol. The van der Waals surface area contributed by atoms with Crippen LogP contribution in [-0.4, -0.2) is 18.0 Å². The number of benzene rings is 1. The summed E-state index contributed by atoms with van der Waals surface area (Å²) in [6.07, 6.45) is 3.91. The molecule has 5 heteroatoms. The molecule has 0 saturated heterocycles. The largest absolute Gasteiger partial charge is 0.348 e. The number of amides is 1. The molecule has 0 aliphatic heterocycles. The number of nitrogens with one attached hydrogen (secondary N) is 1. The van der Waals surface area contributed by atoms with Crippen LogP contribution in [-0.2, 0) is 0 Å². The Bertz CT molecular complexity index is 453. The maximum Gasteiger partial charge on any atom is 0.253 e. The fraction of sp³-hybridized carbons (Fsp3) is 0.462. The molecule has 1 amide bonds. The number of rotatable bonds is 2. The first-order valence-electron chi connectivity index (χ1n) is 6.10. The molecule has 0 radical (unpaired) electrons. The molecule has 1 aromatic rings. The number of hydrogen-bond acceptors (Lipinski definition) is 2. The molecule has 0 unspecified atom stereocenters. The standard InChI is InChI=1S/C13H16ClFN2O/c14-12-8(4-3-5-9(12)15)13(18)17-11-7-2-1-6-10(11)16/h3-5,10-11H,1-2,6-7,16H2,(H,17,18)/t10-,11-/m1/s1. The Morgan fingerprint density at radius 1 is 1.39 bits per heavy atom. The molecule has 1 fully saturated rings. The van der Waals surface area contributed by atoms with Gasteiger partial charge in [0.2, 0.25) is 0 Å². The highest BCUT2D eigenvalue weighted by atomic mass is 35.5. The van der Waals surface area contributed by atoms with Crippen LogP contribution in [0.3, 0.4) is 0 Å². The van der Waals surface area contributed by atoms with Crippen LogP contribution in [0.15, 0.2) is 18.2 Å². The molecular weight excluding hydrogens is 255 g/mol. The summed E-state index contributed by atoms with van der Waals surface area (Å²) in [7, 11) is 0. The first-order chi connectivity index (χ1) is 8.59. The second kappa shape index (κ2) is 5.67. The van der Waals surface area contributed by atoms with E-state index in [9.17, 15) is 9.18 Å². The number of carbonyl (C=O) groups is 1. The van der Waals surface area contributed by atoms with E-state index in [1.165, 1.54) is 18.2 Å². The van der Waals surface area contributed by atoms with Gasteiger partial charge in [-0.05, 0) is 25.0 Å². The third kappa shape index (κ3) is 2.82. The van der Waals surface area contributed by atoms with E-state index in [1.807, 2.05) is 0 Å². The summed E-state index contributed by atoms with van der Waals surface area (Å²) in [5.74, 6) is -0.945. The third-order valence-electron chi connectivity index (χ3n) is 3.33. The van der Waals surface area contributed by atoms with Crippen LogP contribution < -0.4 is 11.1 Å². The van der Waals surface area contributed by atoms with Crippen LogP contribution >= 0.6 is 11.6 Å². The fourth-order valence-electron chi connectivity index (χ4n) is 2.26. The molecule has 1 aliphatic carbocycles. The Labute approximate surface area is 111 Å². The molecule has 18 heavy (non-hydrogen) atoms. The minimum Gasteiger partial charge on any atom is -0.348 e. The third-order valence-corrected chi connectivity index (χ3v) is 3.72. The number of halogens is 2. The van der Waals surface area contributed by atoms with Gasteiger partial charge in [-0.2, -0.15) is 0 Å². The lowest BCUT2D eigenvalue weighted by Crippen LogP contribution is -2.49. The van der Waals surface area contributed by atoms with Crippen molar-refractivity contribution in [3.05, 3.63) is 34.6 Å². The van der Waals surface area contributed by atoms with Gasteiger partial charge in [0.25, 0.3) is 5.91 Å². The number of carbonyl (C=O) groups excluding carboxylic acids is 1. The van der Waals surface area contributed by atoms with Crippen LogP contribution in [0.1, 0.15) is 36.0 Å². The molecule has 3 nitrogen and oxygen atoms in total. The van der Waals surface area contributed by atoms with Gasteiger partial charge in [0.05, 0.1) is 10.6 Å². The van der Waals surface area contributed by atoms with Crippen molar-refractivity contribution >= 4 is 17.5 Å². The van der Waals surface area contributed by atoms with E-state index in [-0.39, 0.29) is 28.6 Å². The lowest BCUT2D eigenvalue weighted by molar-refractivity contribution is 0.0921. The van der Waals surface area contributed by atoms with Crippen LogP contribution in [0.4, 0.5) is 4.39 Å². The van der Waals surface area contributed by atoms with Crippen molar-refractivity contribution in [1.29, 1.82) is 0 Å². The maximum atomic E-state index is 13.3. The monoisotopic (exact) mass is 270 g/mol. The molecule has 2 rings (SSSR count). The zero-order chi connectivity index (χ0) is 13.1. The Morgan fingerprint density at radius 2 is 2.11 bits per heavy atom. The van der Waals surface area contributed by atoms with Crippen molar-refractivity contribution in [3.8, 4) is 0 Å². The summed E-state index contributed by atoms with van der Waals surface area (Å²) in [6, 6.07) is 4.12. The number of hydrogen-bond donors (Lipinski definition) is 2. The van der Waals surface area contributed by atoms with Gasteiger partial charge < -0.3 is 11.1 Å². The first-order valence-corrected chi connectivity index (χ1v) is 6.48. The lowest BCUT2D eigenvalue weighted by atomic mass is 9.91. The molecule has 2 atom stereocenters. The predicted octanol–water partition coefficient (Wildman–Crippen LogP) is 2.48. The zero-order valence-electron chi connectivity index (χ0n) is 9.96. The minimum absolute atomic E-state index is 0.0324. The van der Waals surface area contributed by atoms with Gasteiger partial charge in [-0.3, -0.25) is 4.79 Å². The van der Waals surface area contributed by atoms with Gasteiger partial charge in [-0.15, -0.1) is 0 Å². The Morgan fingerprint density at radius 3 is 2.83 bits per heavy atom. The quantitative estimate of drug-likeness (QED) is 0.867. The molecule has 98 valence electrons. The van der Waals surface area contributed by atoms with Crippen molar-refractivity contribution in [2.45, 2.75) is 37.8 Å². The minimum atomic E-state index is -0.586. The van der Waals surface area contributed by atoms with Crippen LogP contribution in [0, 0.1) is 5.82 Å². The maximum absolute atomic E-state index is 13.3. The molecule has 3 N–H and O–H groups in total. The molecule has 1 aromatic carbocycles. The van der Waals surface area contributed by atoms with Gasteiger partial charge in [0.15, 0.2) is 0 Å². The van der Waals surface area contributed by atoms with Crippen molar-refractivity contribution in [2.75, 3.05) is 0 Å². The molecule has 0 aromatic heterocycles. The highest BCUT2D eigenvalue weighted by Crippen LogP contribution is 2.21. The summed E-state index contributed by atoms with van der Waals surface area (Å²) >= 11 is 5.78.